The smallest absolute Gasteiger partial charge is 0.126 e. The van der Waals surface area contributed by atoms with Gasteiger partial charge in [-0.15, -0.1) is 0 Å². The lowest BCUT2D eigenvalue weighted by atomic mass is 10.2. The normalized spacial score (nSPS) is 17.9. The van der Waals surface area contributed by atoms with Crippen molar-refractivity contribution in [2.24, 2.45) is 0 Å². The molecule has 3 heterocycles. The molecule has 1 saturated heterocycles. The standard InChI is InChI=1S/C19H22FN5O2/c20-14-2-1-3-16(10-14)26-8-4-15-11-17(24-23-15)18-12-25(7-9-27-18)13-19-21-5-6-22-19/h1-3,5-6,10-11,18H,4,7-9,12-13H2,(H,21,22)(H,23,24)/t18-/m0/s1. The first-order valence-corrected chi connectivity index (χ1v) is 9.01. The summed E-state index contributed by atoms with van der Waals surface area (Å²) >= 11 is 0. The van der Waals surface area contributed by atoms with Crippen molar-refractivity contribution in [2.45, 2.75) is 19.1 Å². The van der Waals surface area contributed by atoms with Crippen LogP contribution in [-0.4, -0.2) is 51.4 Å². The van der Waals surface area contributed by atoms with Gasteiger partial charge in [0.05, 0.1) is 25.5 Å². The van der Waals surface area contributed by atoms with Crippen molar-refractivity contribution >= 4 is 0 Å². The molecule has 7 nitrogen and oxygen atoms in total. The van der Waals surface area contributed by atoms with Crippen LogP contribution in [0, 0.1) is 5.82 Å². The van der Waals surface area contributed by atoms with Gasteiger partial charge in [-0.3, -0.25) is 10.00 Å². The van der Waals surface area contributed by atoms with Crippen molar-refractivity contribution in [2.75, 3.05) is 26.3 Å². The third-order valence-corrected chi connectivity index (χ3v) is 4.50. The zero-order chi connectivity index (χ0) is 18.5. The molecular weight excluding hydrogens is 349 g/mol. The number of nitrogens with zero attached hydrogens (tertiary/aromatic N) is 3. The van der Waals surface area contributed by atoms with Gasteiger partial charge in [0.25, 0.3) is 0 Å². The van der Waals surface area contributed by atoms with Gasteiger partial charge >= 0.3 is 0 Å². The summed E-state index contributed by atoms with van der Waals surface area (Å²) in [6.07, 6.45) is 4.19. The van der Waals surface area contributed by atoms with Gasteiger partial charge in [0, 0.05) is 43.7 Å². The summed E-state index contributed by atoms with van der Waals surface area (Å²) in [7, 11) is 0. The van der Waals surface area contributed by atoms with E-state index < -0.39 is 0 Å². The average molecular weight is 371 g/mol. The molecule has 0 bridgehead atoms. The van der Waals surface area contributed by atoms with E-state index in [2.05, 4.69) is 25.1 Å². The van der Waals surface area contributed by atoms with Gasteiger partial charge in [-0.2, -0.15) is 5.10 Å². The van der Waals surface area contributed by atoms with Crippen molar-refractivity contribution in [3.8, 4) is 5.75 Å². The van der Waals surface area contributed by atoms with Crippen LogP contribution >= 0.6 is 0 Å². The summed E-state index contributed by atoms with van der Waals surface area (Å²) in [6, 6.07) is 8.16. The first kappa shape index (κ1) is 17.7. The molecule has 1 aliphatic rings. The zero-order valence-corrected chi connectivity index (χ0v) is 14.9. The lowest BCUT2D eigenvalue weighted by molar-refractivity contribution is -0.0356. The fraction of sp³-hybridized carbons (Fsp3) is 0.368. The summed E-state index contributed by atoms with van der Waals surface area (Å²) in [4.78, 5) is 9.71. The highest BCUT2D eigenvalue weighted by Crippen LogP contribution is 2.22. The number of aromatic amines is 2. The monoisotopic (exact) mass is 371 g/mol. The van der Waals surface area contributed by atoms with Gasteiger partial charge in [-0.05, 0) is 18.2 Å². The second-order valence-corrected chi connectivity index (χ2v) is 6.50. The fourth-order valence-electron chi connectivity index (χ4n) is 3.13. The average Bonchev–Trinajstić information content (AvgIpc) is 3.34. The second kappa shape index (κ2) is 8.32. The Morgan fingerprint density at radius 1 is 1.33 bits per heavy atom. The summed E-state index contributed by atoms with van der Waals surface area (Å²) in [5, 5.41) is 7.44. The summed E-state index contributed by atoms with van der Waals surface area (Å²) in [5.74, 6) is 1.18. The number of ether oxygens (including phenoxy) is 2. The van der Waals surface area contributed by atoms with Gasteiger partial charge in [-0.1, -0.05) is 6.07 Å². The molecule has 0 spiro atoms. The van der Waals surface area contributed by atoms with Gasteiger partial charge in [-0.25, -0.2) is 9.37 Å². The highest BCUT2D eigenvalue weighted by atomic mass is 19.1. The molecular formula is C19H22FN5O2. The number of hydrogen-bond donors (Lipinski definition) is 2. The third kappa shape index (κ3) is 4.72. The number of nitrogens with one attached hydrogen (secondary N) is 2. The number of benzene rings is 1. The Morgan fingerprint density at radius 2 is 2.30 bits per heavy atom. The van der Waals surface area contributed by atoms with Crippen LogP contribution in [0.5, 0.6) is 5.75 Å². The minimum atomic E-state index is -0.301. The van der Waals surface area contributed by atoms with Crippen molar-refractivity contribution in [1.82, 2.24) is 25.1 Å². The minimum Gasteiger partial charge on any atom is -0.493 e. The molecule has 27 heavy (non-hydrogen) atoms. The molecule has 0 unspecified atom stereocenters. The van der Waals surface area contributed by atoms with Crippen LogP contribution in [0.15, 0.2) is 42.7 Å². The summed E-state index contributed by atoms with van der Waals surface area (Å²) < 4.78 is 24.6. The predicted octanol–water partition coefficient (Wildman–Crippen LogP) is 2.47. The van der Waals surface area contributed by atoms with E-state index in [-0.39, 0.29) is 11.9 Å². The van der Waals surface area contributed by atoms with Crippen LogP contribution in [0.3, 0.4) is 0 Å². The van der Waals surface area contributed by atoms with Gasteiger partial charge in [0.1, 0.15) is 23.5 Å². The summed E-state index contributed by atoms with van der Waals surface area (Å²) in [5.41, 5.74) is 1.85. The van der Waals surface area contributed by atoms with Gasteiger partial charge in [0.15, 0.2) is 0 Å². The molecule has 0 saturated carbocycles. The molecule has 3 aromatic rings. The number of H-pyrrole nitrogens is 2. The number of halogens is 1. The molecule has 0 amide bonds. The van der Waals surface area contributed by atoms with Crippen LogP contribution < -0.4 is 4.74 Å². The van der Waals surface area contributed by atoms with Crippen LogP contribution in [0.2, 0.25) is 0 Å². The van der Waals surface area contributed by atoms with E-state index in [9.17, 15) is 4.39 Å². The van der Waals surface area contributed by atoms with E-state index in [1.165, 1.54) is 12.1 Å². The minimum absolute atomic E-state index is 0.0668. The Balaban J connectivity index is 1.29. The van der Waals surface area contributed by atoms with E-state index in [0.29, 0.717) is 25.4 Å². The molecule has 1 aliphatic heterocycles. The Hall–Kier alpha value is -2.71. The molecule has 1 aromatic carbocycles. The number of aromatic nitrogens is 4. The molecule has 1 atom stereocenters. The lowest BCUT2D eigenvalue weighted by Crippen LogP contribution is -2.38. The van der Waals surface area contributed by atoms with E-state index in [1.54, 1.807) is 18.3 Å². The van der Waals surface area contributed by atoms with E-state index in [4.69, 9.17) is 9.47 Å². The highest BCUT2D eigenvalue weighted by molar-refractivity contribution is 5.22. The molecule has 2 aromatic heterocycles. The van der Waals surface area contributed by atoms with Crippen molar-refractivity contribution < 1.29 is 13.9 Å². The number of hydrogen-bond acceptors (Lipinski definition) is 5. The first-order chi connectivity index (χ1) is 13.3. The van der Waals surface area contributed by atoms with Gasteiger partial charge < -0.3 is 14.5 Å². The Labute approximate surface area is 156 Å². The highest BCUT2D eigenvalue weighted by Gasteiger charge is 2.24. The molecule has 2 N–H and O–H groups in total. The van der Waals surface area contributed by atoms with Crippen LogP contribution in [0.25, 0.3) is 0 Å². The fourth-order valence-corrected chi connectivity index (χ4v) is 3.13. The topological polar surface area (TPSA) is 79.1 Å². The molecule has 1 fully saturated rings. The van der Waals surface area contributed by atoms with Crippen molar-refractivity contribution in [3.05, 3.63) is 65.8 Å². The molecule has 142 valence electrons. The lowest BCUT2D eigenvalue weighted by Gasteiger charge is -2.31. The van der Waals surface area contributed by atoms with E-state index in [1.807, 2.05) is 12.3 Å². The molecule has 0 aliphatic carbocycles. The molecule has 8 heteroatoms. The quantitative estimate of drug-likeness (QED) is 0.667. The largest absolute Gasteiger partial charge is 0.493 e. The Kier molecular flexibility index (Phi) is 5.45. The van der Waals surface area contributed by atoms with Crippen LogP contribution in [0.1, 0.15) is 23.3 Å². The van der Waals surface area contributed by atoms with E-state index >= 15 is 0 Å². The number of imidazole rings is 1. The molecule has 4 rings (SSSR count). The SMILES string of the molecule is Fc1cccc(OCCc2cc([C@@H]3CN(Cc4ncc[nH]4)CCO3)n[nH]2)c1. The Bertz CT molecular complexity index is 851. The van der Waals surface area contributed by atoms with Crippen molar-refractivity contribution in [1.29, 1.82) is 0 Å². The zero-order valence-electron chi connectivity index (χ0n) is 14.9. The van der Waals surface area contributed by atoms with Crippen LogP contribution in [0.4, 0.5) is 4.39 Å². The van der Waals surface area contributed by atoms with Crippen LogP contribution in [-0.2, 0) is 17.7 Å². The number of morpholine rings is 1. The maximum absolute atomic E-state index is 13.2. The van der Waals surface area contributed by atoms with Gasteiger partial charge in [0.2, 0.25) is 0 Å². The summed E-state index contributed by atoms with van der Waals surface area (Å²) in [6.45, 7) is 3.52. The molecule has 0 radical (unpaired) electrons. The third-order valence-electron chi connectivity index (χ3n) is 4.50. The predicted molar refractivity (Wildman–Crippen MR) is 96.7 cm³/mol. The Morgan fingerprint density at radius 3 is 3.15 bits per heavy atom. The number of rotatable bonds is 7. The maximum atomic E-state index is 13.2. The van der Waals surface area contributed by atoms with E-state index in [0.717, 1.165) is 36.8 Å². The second-order valence-electron chi connectivity index (χ2n) is 6.50. The first-order valence-electron chi connectivity index (χ1n) is 9.01. The maximum Gasteiger partial charge on any atom is 0.126 e. The van der Waals surface area contributed by atoms with Crippen molar-refractivity contribution in [3.63, 3.8) is 0 Å².